The van der Waals surface area contributed by atoms with Crippen LogP contribution in [0.4, 0.5) is 17.5 Å². The molecule has 117 valence electrons. The zero-order valence-electron chi connectivity index (χ0n) is 13.4. The number of halogens is 1. The van der Waals surface area contributed by atoms with Gasteiger partial charge in [0.25, 0.3) is 0 Å². The number of aromatic nitrogens is 2. The van der Waals surface area contributed by atoms with Gasteiger partial charge in [0, 0.05) is 19.5 Å². The third-order valence-corrected chi connectivity index (χ3v) is 3.99. The first kappa shape index (κ1) is 15.6. The highest BCUT2D eigenvalue weighted by Gasteiger charge is 2.11. The van der Waals surface area contributed by atoms with Crippen LogP contribution in [0.25, 0.3) is 10.9 Å². The first-order chi connectivity index (χ1) is 11.0. The Morgan fingerprint density at radius 3 is 2.61 bits per heavy atom. The lowest BCUT2D eigenvalue weighted by Gasteiger charge is -2.16. The van der Waals surface area contributed by atoms with Crippen LogP contribution < -0.4 is 10.2 Å². The van der Waals surface area contributed by atoms with E-state index in [1.807, 2.05) is 62.3 Å². The van der Waals surface area contributed by atoms with Crippen LogP contribution >= 0.6 is 11.6 Å². The summed E-state index contributed by atoms with van der Waals surface area (Å²) < 4.78 is 0. The summed E-state index contributed by atoms with van der Waals surface area (Å²) in [6, 6.07) is 11.7. The summed E-state index contributed by atoms with van der Waals surface area (Å²) in [5.41, 5.74) is 3.63. The maximum atomic E-state index is 6.30. The largest absolute Gasteiger partial charge is 0.362 e. The smallest absolute Gasteiger partial charge is 0.229 e. The highest BCUT2D eigenvalue weighted by Crippen LogP contribution is 2.29. The maximum Gasteiger partial charge on any atom is 0.229 e. The van der Waals surface area contributed by atoms with Crippen LogP contribution in [0.2, 0.25) is 5.02 Å². The molecule has 23 heavy (non-hydrogen) atoms. The SMILES string of the molecule is [CH2]c1cc(Cl)c(Nc2nc(N(C)C)c3ccccc3n2)cc1C. The highest BCUT2D eigenvalue weighted by atomic mass is 35.5. The molecule has 0 aliphatic heterocycles. The van der Waals surface area contributed by atoms with Gasteiger partial charge in [-0.3, -0.25) is 0 Å². The lowest BCUT2D eigenvalue weighted by molar-refractivity contribution is 1.06. The van der Waals surface area contributed by atoms with Crippen molar-refractivity contribution in [1.29, 1.82) is 0 Å². The van der Waals surface area contributed by atoms with E-state index in [1.54, 1.807) is 0 Å². The molecule has 0 amide bonds. The number of nitrogens with zero attached hydrogens (tertiary/aromatic N) is 3. The van der Waals surface area contributed by atoms with E-state index >= 15 is 0 Å². The zero-order chi connectivity index (χ0) is 16.6. The van der Waals surface area contributed by atoms with E-state index in [1.165, 1.54) is 0 Å². The Morgan fingerprint density at radius 1 is 1.13 bits per heavy atom. The van der Waals surface area contributed by atoms with Gasteiger partial charge in [0.1, 0.15) is 5.82 Å². The molecule has 0 aliphatic carbocycles. The molecule has 0 bridgehead atoms. The van der Waals surface area contributed by atoms with Gasteiger partial charge in [0.2, 0.25) is 5.95 Å². The van der Waals surface area contributed by atoms with Crippen molar-refractivity contribution >= 4 is 40.0 Å². The molecule has 1 N–H and O–H groups in total. The Kier molecular flexibility index (Phi) is 4.09. The monoisotopic (exact) mass is 325 g/mol. The van der Waals surface area contributed by atoms with Crippen molar-refractivity contribution in [1.82, 2.24) is 9.97 Å². The first-order valence-corrected chi connectivity index (χ1v) is 7.67. The molecule has 1 radical (unpaired) electrons. The van der Waals surface area contributed by atoms with Crippen LogP contribution in [0.1, 0.15) is 11.1 Å². The molecule has 0 aliphatic rings. The third kappa shape index (κ3) is 3.08. The molecular weight excluding hydrogens is 308 g/mol. The van der Waals surface area contributed by atoms with Crippen LogP contribution in [0.15, 0.2) is 36.4 Å². The number of benzene rings is 2. The summed E-state index contributed by atoms with van der Waals surface area (Å²) >= 11 is 6.30. The number of anilines is 3. The van der Waals surface area contributed by atoms with Crippen LogP contribution in [-0.4, -0.2) is 24.1 Å². The van der Waals surface area contributed by atoms with E-state index in [0.717, 1.165) is 33.5 Å². The van der Waals surface area contributed by atoms with Crippen LogP contribution in [0.5, 0.6) is 0 Å². The molecule has 0 atom stereocenters. The lowest BCUT2D eigenvalue weighted by atomic mass is 10.1. The van der Waals surface area contributed by atoms with E-state index in [0.29, 0.717) is 11.0 Å². The molecule has 3 aromatic rings. The van der Waals surface area contributed by atoms with Gasteiger partial charge >= 0.3 is 0 Å². The quantitative estimate of drug-likeness (QED) is 0.765. The van der Waals surface area contributed by atoms with Gasteiger partial charge < -0.3 is 10.2 Å². The summed E-state index contributed by atoms with van der Waals surface area (Å²) in [4.78, 5) is 11.2. The maximum absolute atomic E-state index is 6.30. The second-order valence-corrected chi connectivity index (χ2v) is 6.07. The minimum Gasteiger partial charge on any atom is -0.362 e. The van der Waals surface area contributed by atoms with E-state index in [-0.39, 0.29) is 0 Å². The zero-order valence-corrected chi connectivity index (χ0v) is 14.1. The van der Waals surface area contributed by atoms with Gasteiger partial charge in [-0.1, -0.05) is 23.7 Å². The average molecular weight is 326 g/mol. The Balaban J connectivity index is 2.09. The summed E-state index contributed by atoms with van der Waals surface area (Å²) in [7, 11) is 3.93. The van der Waals surface area contributed by atoms with Crippen molar-refractivity contribution < 1.29 is 0 Å². The molecule has 1 aromatic heterocycles. The van der Waals surface area contributed by atoms with Crippen molar-refractivity contribution in [2.75, 3.05) is 24.3 Å². The van der Waals surface area contributed by atoms with Crippen LogP contribution in [0, 0.1) is 13.8 Å². The van der Waals surface area contributed by atoms with Crippen molar-refractivity contribution in [3.8, 4) is 0 Å². The second kappa shape index (κ2) is 6.05. The average Bonchev–Trinajstić information content (AvgIpc) is 2.51. The summed E-state index contributed by atoms with van der Waals surface area (Å²) in [6.07, 6.45) is 0. The molecule has 3 rings (SSSR count). The van der Waals surface area contributed by atoms with Crippen molar-refractivity contribution in [3.63, 3.8) is 0 Å². The van der Waals surface area contributed by atoms with E-state index in [4.69, 9.17) is 11.6 Å². The summed E-state index contributed by atoms with van der Waals surface area (Å²) in [5.74, 6) is 1.38. The normalized spacial score (nSPS) is 10.8. The standard InChI is InChI=1S/C18H18ClN4/c1-11-9-14(19)16(10-12(11)2)21-18-20-15-8-6-5-7-13(15)17(22-18)23(3)4/h5-10H,1H2,2-4H3,(H,20,21,22). The Morgan fingerprint density at radius 2 is 1.87 bits per heavy atom. The van der Waals surface area contributed by atoms with Gasteiger partial charge in [0.15, 0.2) is 0 Å². The fourth-order valence-electron chi connectivity index (χ4n) is 2.40. The number of rotatable bonds is 3. The molecule has 0 saturated carbocycles. The van der Waals surface area contributed by atoms with Gasteiger partial charge in [-0.25, -0.2) is 4.98 Å². The summed E-state index contributed by atoms with van der Waals surface area (Å²) in [5, 5.41) is 4.83. The molecule has 2 aromatic carbocycles. The summed E-state index contributed by atoms with van der Waals surface area (Å²) in [6.45, 7) is 5.95. The molecule has 0 spiro atoms. The number of nitrogens with one attached hydrogen (secondary N) is 1. The highest BCUT2D eigenvalue weighted by molar-refractivity contribution is 6.33. The predicted molar refractivity (Wildman–Crippen MR) is 97.8 cm³/mol. The number of aryl methyl sites for hydroxylation is 1. The molecule has 0 saturated heterocycles. The van der Waals surface area contributed by atoms with Crippen LogP contribution in [0.3, 0.4) is 0 Å². The Hall–Kier alpha value is -2.33. The van der Waals surface area contributed by atoms with Gasteiger partial charge in [-0.2, -0.15) is 4.98 Å². The van der Waals surface area contributed by atoms with Gasteiger partial charge in [-0.15, -0.1) is 0 Å². The third-order valence-electron chi connectivity index (χ3n) is 3.68. The second-order valence-electron chi connectivity index (χ2n) is 5.67. The fraction of sp³-hybridized carbons (Fsp3) is 0.167. The van der Waals surface area contributed by atoms with Crippen LogP contribution in [-0.2, 0) is 0 Å². The minimum atomic E-state index is 0.519. The molecule has 1 heterocycles. The predicted octanol–water partition coefficient (Wildman–Crippen LogP) is 4.58. The minimum absolute atomic E-state index is 0.519. The van der Waals surface area contributed by atoms with E-state index in [2.05, 4.69) is 22.2 Å². The number of para-hydroxylation sites is 1. The fourth-order valence-corrected chi connectivity index (χ4v) is 2.63. The lowest BCUT2D eigenvalue weighted by Crippen LogP contribution is -2.13. The molecular formula is C18H18ClN4. The van der Waals surface area contributed by atoms with E-state index in [9.17, 15) is 0 Å². The Labute approximate surface area is 141 Å². The number of fused-ring (bicyclic) bond motifs is 1. The van der Waals surface area contributed by atoms with Gasteiger partial charge in [0.05, 0.1) is 16.2 Å². The Bertz CT molecular complexity index is 874. The topological polar surface area (TPSA) is 41.1 Å². The molecule has 0 unspecified atom stereocenters. The number of hydrogen-bond donors (Lipinski definition) is 1. The van der Waals surface area contributed by atoms with Crippen molar-refractivity contribution in [2.45, 2.75) is 6.92 Å². The van der Waals surface area contributed by atoms with Crippen molar-refractivity contribution in [3.05, 3.63) is 59.5 Å². The first-order valence-electron chi connectivity index (χ1n) is 7.29. The molecule has 4 nitrogen and oxygen atoms in total. The number of hydrogen-bond acceptors (Lipinski definition) is 4. The van der Waals surface area contributed by atoms with Crippen molar-refractivity contribution in [2.24, 2.45) is 0 Å². The molecule has 0 fully saturated rings. The van der Waals surface area contributed by atoms with Gasteiger partial charge in [-0.05, 0) is 49.2 Å². The van der Waals surface area contributed by atoms with E-state index < -0.39 is 0 Å². The molecule has 5 heteroatoms.